The molecule has 0 saturated heterocycles. The maximum absolute atomic E-state index is 13.0. The molecule has 182 valence electrons. The van der Waals surface area contributed by atoms with Crippen LogP contribution in [-0.4, -0.2) is 42.7 Å². The highest BCUT2D eigenvalue weighted by atomic mass is 31.2. The van der Waals surface area contributed by atoms with Crippen molar-refractivity contribution >= 4 is 25.3 Å². The smallest absolute Gasteiger partial charge is 0.338 e. The zero-order valence-corrected chi connectivity index (χ0v) is 22.1. The van der Waals surface area contributed by atoms with Crippen LogP contribution in [0, 0.1) is 0 Å². The van der Waals surface area contributed by atoms with E-state index in [-0.39, 0.29) is 5.97 Å². The number of carboxylic acids is 1. The van der Waals surface area contributed by atoms with Crippen molar-refractivity contribution in [2.75, 3.05) is 25.1 Å². The van der Waals surface area contributed by atoms with E-state index in [4.69, 9.17) is 14.6 Å². The second-order valence-corrected chi connectivity index (χ2v) is 12.9. The minimum Gasteiger partial charge on any atom is -0.550 e. The van der Waals surface area contributed by atoms with Gasteiger partial charge in [0.15, 0.2) is 0 Å². The summed E-state index contributed by atoms with van der Waals surface area (Å²) in [5.74, 6) is -1.20. The third kappa shape index (κ3) is 11.8. The first-order chi connectivity index (χ1) is 15.3. The van der Waals surface area contributed by atoms with E-state index in [0.29, 0.717) is 12.3 Å². The summed E-state index contributed by atoms with van der Waals surface area (Å²) >= 11 is 0. The number of unbranched alkanes of at least 4 members (excludes halogenated alkanes) is 3. The Balaban J connectivity index is 0.00000220. The van der Waals surface area contributed by atoms with Crippen molar-refractivity contribution in [1.29, 1.82) is 0 Å². The monoisotopic (exact) mass is 464 g/mol. The molecule has 0 spiro atoms. The average Bonchev–Trinajstić information content (AvgIpc) is 2.77. The van der Waals surface area contributed by atoms with Gasteiger partial charge in [0.25, 0.3) is 0 Å². The van der Waals surface area contributed by atoms with Crippen LogP contribution in [0.2, 0.25) is 0 Å². The van der Waals surface area contributed by atoms with Crippen molar-refractivity contribution in [3.05, 3.63) is 41.5 Å². The van der Waals surface area contributed by atoms with E-state index < -0.39 is 13.2 Å². The van der Waals surface area contributed by atoms with Crippen LogP contribution in [0.5, 0.6) is 0 Å². The molecule has 1 aromatic rings. The van der Waals surface area contributed by atoms with Crippen molar-refractivity contribution in [3.8, 4) is 0 Å². The second kappa shape index (κ2) is 17.8. The molecule has 0 N–H and O–H groups in total. The number of carbonyl (C=O) groups excluding carboxylic acids is 2. The molecular weight excluding hydrogens is 419 g/mol. The zero-order valence-electron chi connectivity index (χ0n) is 21.2. The lowest BCUT2D eigenvalue weighted by molar-refractivity contribution is -0.302. The first-order valence-corrected chi connectivity index (χ1v) is 14.7. The van der Waals surface area contributed by atoms with Crippen molar-refractivity contribution in [2.45, 2.75) is 85.7 Å². The van der Waals surface area contributed by atoms with Crippen LogP contribution in [0.3, 0.4) is 0 Å². The Morgan fingerprint density at radius 3 is 1.75 bits per heavy atom. The van der Waals surface area contributed by atoms with Gasteiger partial charge < -0.3 is 14.6 Å². The van der Waals surface area contributed by atoms with Gasteiger partial charge in [-0.15, -0.1) is 0 Å². The van der Waals surface area contributed by atoms with E-state index in [1.54, 1.807) is 0 Å². The van der Waals surface area contributed by atoms with Crippen molar-refractivity contribution in [1.82, 2.24) is 0 Å². The molecule has 32 heavy (non-hydrogen) atoms. The number of rotatable bonds is 14. The summed E-state index contributed by atoms with van der Waals surface area (Å²) in [5, 5.41) is 8.89. The molecule has 0 aliphatic carbocycles. The van der Waals surface area contributed by atoms with Gasteiger partial charge >= 0.3 is 5.97 Å². The molecule has 1 unspecified atom stereocenters. The lowest BCUT2D eigenvalue weighted by atomic mass is 10.1. The Hall–Kier alpha value is -1.67. The minimum absolute atomic E-state index is 0.118. The lowest BCUT2D eigenvalue weighted by Crippen LogP contribution is -2.26. The normalized spacial score (nSPS) is 12.5. The number of carbonyl (C=O) groups is 2. The second-order valence-electron chi connectivity index (χ2n) is 8.35. The van der Waals surface area contributed by atoms with Crippen LogP contribution in [-0.2, 0) is 14.3 Å². The van der Waals surface area contributed by atoms with E-state index in [1.165, 1.54) is 57.0 Å². The fraction of sp³-hybridized carbons (Fsp3) is 0.630. The molecule has 5 heteroatoms. The molecule has 0 heterocycles. The summed E-state index contributed by atoms with van der Waals surface area (Å²) in [6.07, 6.45) is 13.5. The number of hydrogen-bond donors (Lipinski definition) is 0. The summed E-state index contributed by atoms with van der Waals surface area (Å²) in [6.45, 7) is 12.5. The molecular formula is C27H45O4P. The Labute approximate surface area is 197 Å². The third-order valence-corrected chi connectivity index (χ3v) is 11.3. The lowest BCUT2D eigenvalue weighted by Gasteiger charge is -2.34. The summed E-state index contributed by atoms with van der Waals surface area (Å²) in [4.78, 5) is 21.9. The summed E-state index contributed by atoms with van der Waals surface area (Å²) in [6, 6.07) is 10.2. The molecule has 0 saturated carbocycles. The fourth-order valence-electron chi connectivity index (χ4n) is 3.92. The average molecular weight is 465 g/mol. The topological polar surface area (TPSA) is 66.4 Å². The van der Waals surface area contributed by atoms with Gasteiger partial charge in [0.05, 0.1) is 36.3 Å². The predicted octanol–water partition coefficient (Wildman–Crippen LogP) is 6.20. The molecule has 0 aromatic heterocycles. The molecule has 0 bridgehead atoms. The summed E-state index contributed by atoms with van der Waals surface area (Å²) in [5.41, 5.74) is 2.29. The third-order valence-electron chi connectivity index (χ3n) is 5.78. The van der Waals surface area contributed by atoms with Crippen molar-refractivity contribution in [2.24, 2.45) is 0 Å². The largest absolute Gasteiger partial charge is 0.550 e. The quantitative estimate of drug-likeness (QED) is 0.187. The van der Waals surface area contributed by atoms with Crippen LogP contribution in [0.25, 0.3) is 6.08 Å². The number of benzene rings is 1. The molecule has 0 aliphatic rings. The van der Waals surface area contributed by atoms with Gasteiger partial charge in [-0.2, -0.15) is 0 Å². The van der Waals surface area contributed by atoms with Crippen LogP contribution < -0.4 is 5.11 Å². The van der Waals surface area contributed by atoms with Gasteiger partial charge in [0.1, 0.15) is 0 Å². The summed E-state index contributed by atoms with van der Waals surface area (Å²) in [7, 11) is -1.28. The molecule has 0 amide bonds. The molecule has 4 nitrogen and oxygen atoms in total. The Bertz CT molecular complexity index is 644. The number of esters is 1. The fourth-order valence-corrected chi connectivity index (χ4v) is 9.36. The predicted molar refractivity (Wildman–Crippen MR) is 137 cm³/mol. The van der Waals surface area contributed by atoms with Gasteiger partial charge in [-0.3, -0.25) is 0 Å². The highest BCUT2D eigenvalue weighted by Gasteiger charge is 2.45. The Kier molecular flexibility index (Phi) is 16.9. The number of hydrogen-bond acceptors (Lipinski definition) is 4. The van der Waals surface area contributed by atoms with Crippen LogP contribution >= 0.6 is 7.26 Å². The van der Waals surface area contributed by atoms with E-state index in [0.717, 1.165) is 18.1 Å². The number of ether oxygens (including phenoxy) is 1. The van der Waals surface area contributed by atoms with E-state index in [2.05, 4.69) is 45.9 Å². The Morgan fingerprint density at radius 1 is 0.938 bits per heavy atom. The van der Waals surface area contributed by atoms with Gasteiger partial charge in [-0.1, -0.05) is 70.4 Å². The molecule has 1 aromatic carbocycles. The number of aliphatic carboxylic acids is 1. The highest BCUT2D eigenvalue weighted by Crippen LogP contribution is 2.66. The molecule has 0 fully saturated rings. The maximum atomic E-state index is 13.0. The standard InChI is InChI=1S/C25H42O2P.C2H4O2/c1-6-10-18-28(19-11-7-2,20-12-8-3)22(5)24(25(26)27-9-4)21-23-16-14-13-15-17-23;1-2(3)4/h13-17,21-22H,6-12,18-20H2,1-5H3;1H3,(H,3,4)/q+1;/p-1/b24-21-;. The Morgan fingerprint density at radius 2 is 1.38 bits per heavy atom. The van der Waals surface area contributed by atoms with Gasteiger partial charge in [0.2, 0.25) is 0 Å². The van der Waals surface area contributed by atoms with Gasteiger partial charge in [-0.05, 0) is 51.7 Å². The minimum atomic E-state index is -1.28. The van der Waals surface area contributed by atoms with Crippen LogP contribution in [0.1, 0.15) is 85.6 Å². The van der Waals surface area contributed by atoms with Crippen molar-refractivity contribution in [3.63, 3.8) is 0 Å². The zero-order chi connectivity index (χ0) is 24.4. The van der Waals surface area contributed by atoms with E-state index in [1.807, 2.05) is 25.1 Å². The highest BCUT2D eigenvalue weighted by molar-refractivity contribution is 7.76. The molecule has 0 aliphatic heterocycles. The molecule has 0 radical (unpaired) electrons. The van der Waals surface area contributed by atoms with E-state index >= 15 is 0 Å². The van der Waals surface area contributed by atoms with Gasteiger partial charge in [-0.25, -0.2) is 4.79 Å². The summed E-state index contributed by atoms with van der Waals surface area (Å²) < 4.78 is 5.52. The first kappa shape index (κ1) is 30.3. The number of carboxylic acid groups (broad SMARTS) is 1. The van der Waals surface area contributed by atoms with Gasteiger partial charge in [0, 0.05) is 13.2 Å². The SMILES string of the molecule is CC(=O)[O-].CCCC[P+](CCCC)(CCCC)C(C)/C(=C/c1ccccc1)C(=O)OCC. The van der Waals surface area contributed by atoms with Crippen LogP contribution in [0.4, 0.5) is 0 Å². The first-order valence-electron chi connectivity index (χ1n) is 12.2. The maximum Gasteiger partial charge on any atom is 0.338 e. The molecule has 1 atom stereocenters. The van der Waals surface area contributed by atoms with Crippen molar-refractivity contribution < 1.29 is 19.4 Å². The van der Waals surface area contributed by atoms with E-state index in [9.17, 15) is 4.79 Å². The van der Waals surface area contributed by atoms with Crippen LogP contribution in [0.15, 0.2) is 35.9 Å². The molecule has 1 rings (SSSR count).